The van der Waals surface area contributed by atoms with Gasteiger partial charge in [0, 0.05) is 23.9 Å². The summed E-state index contributed by atoms with van der Waals surface area (Å²) in [6.07, 6.45) is 5.04. The molecule has 5 rings (SSSR count). The molecule has 0 radical (unpaired) electrons. The molecule has 4 aromatic rings. The predicted molar refractivity (Wildman–Crippen MR) is 104 cm³/mol. The summed E-state index contributed by atoms with van der Waals surface area (Å²) >= 11 is 0. The molecule has 0 aliphatic carbocycles. The molecule has 0 amide bonds. The van der Waals surface area contributed by atoms with E-state index in [0.29, 0.717) is 22.3 Å². The van der Waals surface area contributed by atoms with E-state index in [4.69, 9.17) is 9.15 Å². The Hall–Kier alpha value is -3.73. The second kappa shape index (κ2) is 6.46. The number of esters is 1. The maximum atomic E-state index is 13.1. The fraction of sp³-hybridized carbons (Fsp3) is 0.0870. The van der Waals surface area contributed by atoms with Crippen molar-refractivity contribution in [2.45, 2.75) is 12.3 Å². The van der Waals surface area contributed by atoms with Crippen LogP contribution in [0.1, 0.15) is 23.5 Å². The van der Waals surface area contributed by atoms with Crippen molar-refractivity contribution >= 4 is 16.9 Å². The Labute approximate surface area is 160 Å². The van der Waals surface area contributed by atoms with E-state index >= 15 is 0 Å². The van der Waals surface area contributed by atoms with Crippen LogP contribution in [0, 0.1) is 0 Å². The fourth-order valence-corrected chi connectivity index (χ4v) is 3.75. The normalized spacial score (nSPS) is 15.9. The molecule has 136 valence electrons. The van der Waals surface area contributed by atoms with Crippen molar-refractivity contribution in [3.05, 3.63) is 94.6 Å². The van der Waals surface area contributed by atoms with Gasteiger partial charge < -0.3 is 9.15 Å². The summed E-state index contributed by atoms with van der Waals surface area (Å²) in [4.78, 5) is 29.3. The number of benzene rings is 2. The fourth-order valence-electron chi connectivity index (χ4n) is 3.75. The van der Waals surface area contributed by atoms with E-state index in [2.05, 4.69) is 4.98 Å². The van der Waals surface area contributed by atoms with Gasteiger partial charge in [0.25, 0.3) is 0 Å². The minimum absolute atomic E-state index is 0.111. The monoisotopic (exact) mass is 369 g/mol. The molecular weight excluding hydrogens is 354 g/mol. The number of hydrogen-bond acceptors (Lipinski definition) is 5. The van der Waals surface area contributed by atoms with Crippen LogP contribution >= 0.6 is 0 Å². The van der Waals surface area contributed by atoms with Gasteiger partial charge >= 0.3 is 5.97 Å². The molecule has 0 saturated heterocycles. The Kier molecular flexibility index (Phi) is 3.79. The number of hydrogen-bond donors (Lipinski definition) is 0. The first-order chi connectivity index (χ1) is 13.7. The van der Waals surface area contributed by atoms with Crippen LogP contribution in [0.3, 0.4) is 0 Å². The molecule has 2 aromatic heterocycles. The summed E-state index contributed by atoms with van der Waals surface area (Å²) in [6, 6.07) is 16.5. The molecule has 28 heavy (non-hydrogen) atoms. The van der Waals surface area contributed by atoms with E-state index in [9.17, 15) is 9.59 Å². The summed E-state index contributed by atoms with van der Waals surface area (Å²) in [5.74, 6) is -0.133. The Morgan fingerprint density at radius 3 is 2.50 bits per heavy atom. The van der Waals surface area contributed by atoms with Crippen molar-refractivity contribution in [3.8, 4) is 16.9 Å². The van der Waals surface area contributed by atoms with Crippen LogP contribution in [-0.4, -0.2) is 11.0 Å². The molecule has 0 saturated carbocycles. The van der Waals surface area contributed by atoms with E-state index in [-0.39, 0.29) is 23.7 Å². The molecular formula is C23H15NO4. The highest BCUT2D eigenvalue weighted by Crippen LogP contribution is 2.42. The number of aromatic nitrogens is 1. The van der Waals surface area contributed by atoms with Gasteiger partial charge in [0.1, 0.15) is 17.6 Å². The van der Waals surface area contributed by atoms with Gasteiger partial charge in [0.15, 0.2) is 0 Å². The molecule has 3 heterocycles. The summed E-state index contributed by atoms with van der Waals surface area (Å²) in [5, 5.41) is 0.470. The summed E-state index contributed by atoms with van der Waals surface area (Å²) in [7, 11) is 0. The maximum Gasteiger partial charge on any atom is 0.312 e. The third kappa shape index (κ3) is 2.60. The Morgan fingerprint density at radius 1 is 0.929 bits per heavy atom. The lowest BCUT2D eigenvalue weighted by Gasteiger charge is -2.25. The summed E-state index contributed by atoms with van der Waals surface area (Å²) < 4.78 is 11.4. The number of carbonyl (C=O) groups is 1. The Balaban J connectivity index is 1.76. The molecule has 0 fully saturated rings. The zero-order valence-corrected chi connectivity index (χ0v) is 14.8. The van der Waals surface area contributed by atoms with Crippen LogP contribution < -0.4 is 10.2 Å². The minimum Gasteiger partial charge on any atom is -0.463 e. The number of nitrogens with zero attached hydrogens (tertiary/aromatic N) is 1. The van der Waals surface area contributed by atoms with E-state index in [1.165, 1.54) is 6.26 Å². The van der Waals surface area contributed by atoms with Crippen molar-refractivity contribution in [2.75, 3.05) is 0 Å². The van der Waals surface area contributed by atoms with E-state index in [0.717, 1.165) is 16.7 Å². The van der Waals surface area contributed by atoms with Gasteiger partial charge in [-0.1, -0.05) is 30.3 Å². The number of rotatable bonds is 2. The van der Waals surface area contributed by atoms with Crippen molar-refractivity contribution in [3.63, 3.8) is 0 Å². The number of carbonyl (C=O) groups excluding carboxylic acids is 1. The van der Waals surface area contributed by atoms with E-state index in [1.807, 2.05) is 42.5 Å². The molecule has 5 nitrogen and oxygen atoms in total. The quantitative estimate of drug-likeness (QED) is 0.389. The second-order valence-electron chi connectivity index (χ2n) is 6.71. The van der Waals surface area contributed by atoms with Crippen molar-refractivity contribution in [1.82, 2.24) is 4.98 Å². The summed E-state index contributed by atoms with van der Waals surface area (Å²) in [5.41, 5.74) is 3.29. The third-order valence-corrected chi connectivity index (χ3v) is 5.08. The standard InChI is InChI=1S/C23H15NO4/c25-20-12-17(15-8-10-24-11-9-15)21-19(28-20)7-6-16-22(26)18(13-27-23(16)21)14-4-2-1-3-5-14/h1-11,13,17H,12H2/t17-/m0/s1. The van der Waals surface area contributed by atoms with Crippen LogP contribution in [0.4, 0.5) is 0 Å². The van der Waals surface area contributed by atoms with Gasteiger partial charge in [0.2, 0.25) is 5.43 Å². The highest BCUT2D eigenvalue weighted by Gasteiger charge is 2.32. The number of fused-ring (bicyclic) bond motifs is 3. The largest absolute Gasteiger partial charge is 0.463 e. The lowest BCUT2D eigenvalue weighted by atomic mass is 9.85. The zero-order valence-electron chi connectivity index (χ0n) is 14.8. The average Bonchev–Trinajstić information content (AvgIpc) is 2.74. The highest BCUT2D eigenvalue weighted by molar-refractivity contribution is 5.90. The average molecular weight is 369 g/mol. The van der Waals surface area contributed by atoms with Gasteiger partial charge in [-0.15, -0.1) is 0 Å². The predicted octanol–water partition coefficient (Wildman–Crippen LogP) is 4.30. The van der Waals surface area contributed by atoms with Crippen LogP contribution in [0.15, 0.2) is 82.5 Å². The molecule has 5 heteroatoms. The smallest absolute Gasteiger partial charge is 0.312 e. The van der Waals surface area contributed by atoms with Crippen LogP contribution in [-0.2, 0) is 4.79 Å². The van der Waals surface area contributed by atoms with Gasteiger partial charge in [-0.3, -0.25) is 14.6 Å². The van der Waals surface area contributed by atoms with Gasteiger partial charge in [0.05, 0.1) is 17.4 Å². The molecule has 1 aliphatic heterocycles. The second-order valence-corrected chi connectivity index (χ2v) is 6.71. The minimum atomic E-state index is -0.308. The van der Waals surface area contributed by atoms with Gasteiger partial charge in [-0.05, 0) is 35.4 Å². The molecule has 0 spiro atoms. The van der Waals surface area contributed by atoms with Crippen molar-refractivity contribution in [1.29, 1.82) is 0 Å². The SMILES string of the molecule is O=C1C[C@@H](c2ccncc2)c2c(ccc3c(=O)c(-c4ccccc4)coc23)O1. The first-order valence-electron chi connectivity index (χ1n) is 8.97. The van der Waals surface area contributed by atoms with Crippen LogP contribution in [0.25, 0.3) is 22.1 Å². The maximum absolute atomic E-state index is 13.1. The lowest BCUT2D eigenvalue weighted by Crippen LogP contribution is -2.22. The Bertz CT molecular complexity index is 1250. The molecule has 1 aliphatic rings. The molecule has 0 unspecified atom stereocenters. The van der Waals surface area contributed by atoms with Gasteiger partial charge in [-0.2, -0.15) is 0 Å². The van der Waals surface area contributed by atoms with E-state index in [1.54, 1.807) is 24.5 Å². The molecule has 0 N–H and O–H groups in total. The van der Waals surface area contributed by atoms with Crippen LogP contribution in [0.5, 0.6) is 5.75 Å². The zero-order chi connectivity index (χ0) is 19.1. The molecule has 1 atom stereocenters. The number of ether oxygens (including phenoxy) is 1. The van der Waals surface area contributed by atoms with Crippen molar-refractivity contribution < 1.29 is 13.9 Å². The van der Waals surface area contributed by atoms with Crippen LogP contribution in [0.2, 0.25) is 0 Å². The summed E-state index contributed by atoms with van der Waals surface area (Å²) in [6.45, 7) is 0. The molecule has 0 bridgehead atoms. The highest BCUT2D eigenvalue weighted by atomic mass is 16.5. The third-order valence-electron chi connectivity index (χ3n) is 5.08. The first kappa shape index (κ1) is 16.4. The topological polar surface area (TPSA) is 69.4 Å². The number of pyridine rings is 1. The Morgan fingerprint density at radius 2 is 1.71 bits per heavy atom. The van der Waals surface area contributed by atoms with E-state index < -0.39 is 0 Å². The lowest BCUT2D eigenvalue weighted by molar-refractivity contribution is -0.135. The van der Waals surface area contributed by atoms with Crippen molar-refractivity contribution in [2.24, 2.45) is 0 Å². The first-order valence-corrected chi connectivity index (χ1v) is 8.97. The van der Waals surface area contributed by atoms with Gasteiger partial charge in [-0.25, -0.2) is 0 Å². The molecule has 2 aromatic carbocycles.